The van der Waals surface area contributed by atoms with Gasteiger partial charge in [0.1, 0.15) is 11.2 Å². The van der Waals surface area contributed by atoms with Gasteiger partial charge in [-0.2, -0.15) is 0 Å². The fourth-order valence-corrected chi connectivity index (χ4v) is 4.16. The third-order valence-electron chi connectivity index (χ3n) is 5.72. The molecule has 0 spiro atoms. The van der Waals surface area contributed by atoms with E-state index in [4.69, 9.17) is 14.2 Å². The molecule has 1 N–H and O–H groups in total. The minimum atomic E-state index is -0.902. The number of ether oxygens (including phenoxy) is 3. The molecule has 24 heavy (non-hydrogen) atoms. The monoisotopic (exact) mass is 332 g/mol. The van der Waals surface area contributed by atoms with Gasteiger partial charge in [-0.25, -0.2) is 0 Å². The van der Waals surface area contributed by atoms with Crippen molar-refractivity contribution in [1.29, 1.82) is 0 Å². The maximum atomic E-state index is 11.3. The molecular formula is C20H28O4. The van der Waals surface area contributed by atoms with Gasteiger partial charge in [0.05, 0.1) is 12.2 Å². The smallest absolute Gasteiger partial charge is 0.115 e. The van der Waals surface area contributed by atoms with Crippen LogP contribution in [0.25, 0.3) is 0 Å². The average molecular weight is 332 g/mol. The molecule has 0 amide bonds. The van der Waals surface area contributed by atoms with Crippen LogP contribution in [-0.4, -0.2) is 42.7 Å². The fraction of sp³-hybridized carbons (Fsp3) is 0.600. The van der Waals surface area contributed by atoms with Gasteiger partial charge in [0, 0.05) is 27.2 Å². The second kappa shape index (κ2) is 6.96. The van der Waals surface area contributed by atoms with Crippen molar-refractivity contribution < 1.29 is 19.3 Å². The molecule has 3 atom stereocenters. The number of aliphatic hydroxyl groups is 1. The van der Waals surface area contributed by atoms with Gasteiger partial charge in [-0.15, -0.1) is 0 Å². The molecule has 0 heterocycles. The number of benzene rings is 1. The summed E-state index contributed by atoms with van der Waals surface area (Å²) in [6, 6.07) is 10.1. The van der Waals surface area contributed by atoms with Gasteiger partial charge in [-0.05, 0) is 31.2 Å². The quantitative estimate of drug-likeness (QED) is 0.586. The summed E-state index contributed by atoms with van der Waals surface area (Å²) in [6.45, 7) is 1.23. The molecule has 132 valence electrons. The van der Waals surface area contributed by atoms with E-state index < -0.39 is 11.2 Å². The molecule has 3 aliphatic carbocycles. The summed E-state index contributed by atoms with van der Waals surface area (Å²) in [4.78, 5) is 0. The van der Waals surface area contributed by atoms with Crippen LogP contribution in [-0.2, 0) is 20.8 Å². The Hall–Kier alpha value is -1.20. The van der Waals surface area contributed by atoms with Crippen LogP contribution in [0.5, 0.6) is 0 Å². The minimum Gasteiger partial charge on any atom is -0.386 e. The molecule has 4 rings (SSSR count). The first-order valence-corrected chi connectivity index (χ1v) is 8.72. The van der Waals surface area contributed by atoms with Crippen LogP contribution in [0.15, 0.2) is 42.5 Å². The molecule has 0 aromatic heterocycles. The van der Waals surface area contributed by atoms with Crippen molar-refractivity contribution in [2.75, 3.05) is 20.8 Å². The molecule has 1 aromatic carbocycles. The number of rotatable bonds is 8. The lowest BCUT2D eigenvalue weighted by molar-refractivity contribution is -0.218. The zero-order chi connectivity index (χ0) is 17.1. The predicted octanol–water partition coefficient (Wildman–Crippen LogP) is 3.24. The molecule has 4 heteroatoms. The summed E-state index contributed by atoms with van der Waals surface area (Å²) in [5.74, 6) is 0. The zero-order valence-corrected chi connectivity index (χ0v) is 14.7. The lowest BCUT2D eigenvalue weighted by atomic mass is 9.59. The third-order valence-corrected chi connectivity index (χ3v) is 5.72. The van der Waals surface area contributed by atoms with Gasteiger partial charge in [-0.3, -0.25) is 0 Å². The molecule has 3 aliphatic rings. The molecule has 1 fully saturated rings. The largest absolute Gasteiger partial charge is 0.386 e. The summed E-state index contributed by atoms with van der Waals surface area (Å²) in [7, 11) is 3.41. The number of hydrogen-bond donors (Lipinski definition) is 1. The Bertz CT molecular complexity index is 572. The Morgan fingerprint density at radius 1 is 1.04 bits per heavy atom. The summed E-state index contributed by atoms with van der Waals surface area (Å²) in [5.41, 5.74) is -0.671. The summed E-state index contributed by atoms with van der Waals surface area (Å²) >= 11 is 0. The Balaban J connectivity index is 1.55. The van der Waals surface area contributed by atoms with E-state index in [9.17, 15) is 5.11 Å². The first-order chi connectivity index (χ1) is 11.6. The van der Waals surface area contributed by atoms with Crippen molar-refractivity contribution in [2.45, 2.75) is 55.5 Å². The second-order valence-electron chi connectivity index (χ2n) is 7.05. The Morgan fingerprint density at radius 2 is 1.83 bits per heavy atom. The maximum Gasteiger partial charge on any atom is 0.115 e. The van der Waals surface area contributed by atoms with Crippen molar-refractivity contribution >= 4 is 0 Å². The highest BCUT2D eigenvalue weighted by Gasteiger charge is 2.60. The predicted molar refractivity (Wildman–Crippen MR) is 92.8 cm³/mol. The van der Waals surface area contributed by atoms with Gasteiger partial charge in [-0.1, -0.05) is 42.5 Å². The fourth-order valence-electron chi connectivity index (χ4n) is 4.16. The first kappa shape index (κ1) is 17.6. The summed E-state index contributed by atoms with van der Waals surface area (Å²) in [5, 5.41) is 11.3. The van der Waals surface area contributed by atoms with Crippen LogP contribution in [0.4, 0.5) is 0 Å². The summed E-state index contributed by atoms with van der Waals surface area (Å²) in [6.07, 6.45) is 7.78. The van der Waals surface area contributed by atoms with Crippen LogP contribution < -0.4 is 0 Å². The average Bonchev–Trinajstić information content (AvgIpc) is 2.63. The molecule has 4 nitrogen and oxygen atoms in total. The van der Waals surface area contributed by atoms with Gasteiger partial charge in [0.15, 0.2) is 0 Å². The Morgan fingerprint density at radius 3 is 2.46 bits per heavy atom. The SMILES string of the molecule is CO[C@@]12C=C[C@@](OC)(CC1)[C@@](O)(CCCOCc1ccccc1)C2. The maximum absolute atomic E-state index is 11.3. The van der Waals surface area contributed by atoms with Crippen molar-refractivity contribution in [3.63, 3.8) is 0 Å². The van der Waals surface area contributed by atoms with Crippen LogP contribution in [0, 0.1) is 0 Å². The normalized spacial score (nSPS) is 34.6. The molecule has 1 saturated carbocycles. The molecule has 0 radical (unpaired) electrons. The highest BCUT2D eigenvalue weighted by molar-refractivity contribution is 5.29. The number of methoxy groups -OCH3 is 2. The topological polar surface area (TPSA) is 47.9 Å². The van der Waals surface area contributed by atoms with E-state index in [1.165, 1.54) is 5.56 Å². The van der Waals surface area contributed by atoms with E-state index in [1.54, 1.807) is 14.2 Å². The third kappa shape index (κ3) is 3.16. The number of hydrogen-bond acceptors (Lipinski definition) is 4. The molecule has 0 saturated heterocycles. The second-order valence-corrected chi connectivity index (χ2v) is 7.05. The van der Waals surface area contributed by atoms with E-state index in [0.29, 0.717) is 26.1 Å². The molecular weight excluding hydrogens is 304 g/mol. The van der Waals surface area contributed by atoms with Crippen LogP contribution in [0.2, 0.25) is 0 Å². The van der Waals surface area contributed by atoms with Gasteiger partial charge < -0.3 is 19.3 Å². The van der Waals surface area contributed by atoms with E-state index in [-0.39, 0.29) is 5.60 Å². The van der Waals surface area contributed by atoms with E-state index >= 15 is 0 Å². The van der Waals surface area contributed by atoms with Crippen LogP contribution >= 0.6 is 0 Å². The number of fused-ring (bicyclic) bond motifs is 2. The van der Waals surface area contributed by atoms with Gasteiger partial charge >= 0.3 is 0 Å². The summed E-state index contributed by atoms with van der Waals surface area (Å²) < 4.78 is 17.2. The standard InChI is InChI=1S/C20H28O4/c1-22-18-10-12-20(23-2,13-11-18)19(21,16-18)9-6-14-24-15-17-7-4-3-5-8-17/h3-5,7-8,10,12,21H,6,9,11,13-16H2,1-2H3/t18-,19+,20+/m0/s1. The highest BCUT2D eigenvalue weighted by Crippen LogP contribution is 2.53. The molecule has 1 aromatic rings. The van der Waals surface area contributed by atoms with E-state index in [1.807, 2.05) is 24.3 Å². The zero-order valence-electron chi connectivity index (χ0n) is 14.7. The van der Waals surface area contributed by atoms with E-state index in [0.717, 1.165) is 19.3 Å². The molecule has 2 bridgehead atoms. The molecule has 0 aliphatic heterocycles. The first-order valence-electron chi connectivity index (χ1n) is 8.72. The van der Waals surface area contributed by atoms with Crippen molar-refractivity contribution in [1.82, 2.24) is 0 Å². The van der Waals surface area contributed by atoms with Gasteiger partial charge in [0.25, 0.3) is 0 Å². The molecule has 0 unspecified atom stereocenters. The van der Waals surface area contributed by atoms with Crippen LogP contribution in [0.1, 0.15) is 37.7 Å². The Labute approximate surface area is 144 Å². The van der Waals surface area contributed by atoms with Crippen molar-refractivity contribution in [2.24, 2.45) is 0 Å². The lowest BCUT2D eigenvalue weighted by Gasteiger charge is -2.57. The van der Waals surface area contributed by atoms with Crippen LogP contribution in [0.3, 0.4) is 0 Å². The lowest BCUT2D eigenvalue weighted by Crippen LogP contribution is -2.65. The van der Waals surface area contributed by atoms with Crippen molar-refractivity contribution in [3.05, 3.63) is 48.0 Å². The minimum absolute atomic E-state index is 0.347. The Kier molecular flexibility index (Phi) is 5.11. The highest BCUT2D eigenvalue weighted by atomic mass is 16.5. The van der Waals surface area contributed by atoms with E-state index in [2.05, 4.69) is 18.2 Å². The van der Waals surface area contributed by atoms with Gasteiger partial charge in [0.2, 0.25) is 0 Å². The van der Waals surface area contributed by atoms with Crippen molar-refractivity contribution in [3.8, 4) is 0 Å².